The molecule has 0 fully saturated rings. The average molecular weight is 142 g/mol. The summed E-state index contributed by atoms with van der Waals surface area (Å²) in [4.78, 5) is 0. The maximum atomic E-state index is 3.64. The summed E-state index contributed by atoms with van der Waals surface area (Å²) in [6.07, 6.45) is 7.03. The first-order valence-corrected chi connectivity index (χ1v) is 3.76. The first-order valence-electron chi connectivity index (χ1n) is 3.76. The van der Waals surface area contributed by atoms with Crippen LogP contribution in [0, 0.1) is 0 Å². The van der Waals surface area contributed by atoms with Crippen molar-refractivity contribution in [2.24, 2.45) is 0 Å². The molecule has 1 aromatic rings. The van der Waals surface area contributed by atoms with Crippen LogP contribution in [0.5, 0.6) is 0 Å². The third-order valence-electron chi connectivity index (χ3n) is 1.41. The number of allylic oxidation sites excluding steroid dienone is 2. The van der Waals surface area contributed by atoms with E-state index in [1.54, 1.807) is 0 Å². The molecule has 0 nitrogen and oxygen atoms in total. The van der Waals surface area contributed by atoms with Crippen LogP contribution < -0.4 is 0 Å². The molecule has 1 rings (SSSR count). The van der Waals surface area contributed by atoms with E-state index in [4.69, 9.17) is 0 Å². The van der Waals surface area contributed by atoms with Gasteiger partial charge in [0.25, 0.3) is 0 Å². The van der Waals surface area contributed by atoms with Crippen LogP contribution in [-0.2, 0) is 0 Å². The number of hydrogen-bond acceptors (Lipinski definition) is 0. The second-order valence-electron chi connectivity index (χ2n) is 2.34. The van der Waals surface area contributed by atoms with Gasteiger partial charge in [-0.2, -0.15) is 0 Å². The van der Waals surface area contributed by atoms with Gasteiger partial charge in [-0.15, -0.1) is 0 Å². The molecule has 0 aliphatic rings. The van der Waals surface area contributed by atoms with Crippen molar-refractivity contribution in [3.05, 3.63) is 48.4 Å². The Morgan fingerprint density at radius 2 is 2.36 bits per heavy atom. The molecule has 0 spiro atoms. The van der Waals surface area contributed by atoms with Crippen LogP contribution in [0.15, 0.2) is 42.9 Å². The molecule has 0 amide bonds. The Hall–Kier alpha value is -1.11. The van der Waals surface area contributed by atoms with E-state index in [0.29, 0.717) is 0 Å². The summed E-state index contributed by atoms with van der Waals surface area (Å²) in [5.74, 6) is 2.04. The summed E-state index contributed by atoms with van der Waals surface area (Å²) in [7, 11) is 0. The first kappa shape index (κ1) is 8.00. The SMILES string of the molecule is C=CCC=Cc1bcccc1. The van der Waals surface area contributed by atoms with Crippen LogP contribution >= 0.6 is 0 Å². The monoisotopic (exact) mass is 142 g/mol. The van der Waals surface area contributed by atoms with E-state index < -0.39 is 0 Å². The number of hydrogen-bond donors (Lipinski definition) is 0. The predicted molar refractivity (Wildman–Crippen MR) is 51.6 cm³/mol. The molecule has 1 heteroatoms. The minimum atomic E-state index is 0.939. The van der Waals surface area contributed by atoms with Gasteiger partial charge in [0.1, 0.15) is 0 Å². The third-order valence-corrected chi connectivity index (χ3v) is 1.41. The van der Waals surface area contributed by atoms with E-state index in [9.17, 15) is 0 Å². The van der Waals surface area contributed by atoms with Crippen molar-refractivity contribution in [2.75, 3.05) is 0 Å². The molecule has 0 radical (unpaired) electrons. The summed E-state index contributed by atoms with van der Waals surface area (Å²) in [6.45, 7) is 5.72. The van der Waals surface area contributed by atoms with Crippen LogP contribution in [0.4, 0.5) is 0 Å². The van der Waals surface area contributed by atoms with Gasteiger partial charge in [0.05, 0.1) is 0 Å². The van der Waals surface area contributed by atoms with E-state index in [1.165, 1.54) is 5.46 Å². The first-order chi connectivity index (χ1) is 5.43. The van der Waals surface area contributed by atoms with Crippen molar-refractivity contribution in [1.82, 2.24) is 0 Å². The summed E-state index contributed by atoms with van der Waals surface area (Å²) < 4.78 is 0. The molecule has 0 saturated heterocycles. The Kier molecular flexibility index (Phi) is 3.40. The molecule has 1 heterocycles. The fraction of sp³-hybridized carbons (Fsp3) is 0.100. The van der Waals surface area contributed by atoms with Crippen molar-refractivity contribution >= 4 is 13.0 Å². The fourth-order valence-corrected chi connectivity index (χ4v) is 0.864. The van der Waals surface area contributed by atoms with Crippen LogP contribution in [0.2, 0.25) is 0 Å². The van der Waals surface area contributed by atoms with Crippen LogP contribution in [0.3, 0.4) is 0 Å². The van der Waals surface area contributed by atoms with E-state index in [2.05, 4.69) is 31.7 Å². The van der Waals surface area contributed by atoms with Crippen molar-refractivity contribution in [2.45, 2.75) is 6.42 Å². The summed E-state index contributed by atoms with van der Waals surface area (Å²) in [6, 6.07) is 6.14. The zero-order valence-corrected chi connectivity index (χ0v) is 6.53. The summed E-state index contributed by atoms with van der Waals surface area (Å²) >= 11 is 0. The van der Waals surface area contributed by atoms with Gasteiger partial charge in [-0.3, -0.25) is 0 Å². The summed E-state index contributed by atoms with van der Waals surface area (Å²) in [5, 5.41) is 0. The van der Waals surface area contributed by atoms with E-state index >= 15 is 0 Å². The molecular formula is C10H11B. The molecule has 0 N–H and O–H groups in total. The molecule has 0 atom stereocenters. The molecule has 54 valence electrons. The molecule has 1 aromatic heterocycles. The standard InChI is InChI=1S/C10H11B/c1-2-3-4-7-10-8-5-6-9-11-10/h2,4-9H,1,3H2. The molecule has 0 aliphatic heterocycles. The predicted octanol–water partition coefficient (Wildman–Crippen LogP) is 2.61. The molecule has 0 aromatic carbocycles. The molecule has 0 saturated carbocycles. The van der Waals surface area contributed by atoms with Gasteiger partial charge < -0.3 is 0 Å². The van der Waals surface area contributed by atoms with Crippen molar-refractivity contribution < 1.29 is 0 Å². The van der Waals surface area contributed by atoms with Gasteiger partial charge in [0.2, 0.25) is 0 Å². The normalized spacial score (nSPS) is 9.82. The fourth-order valence-electron chi connectivity index (χ4n) is 0.864. The zero-order chi connectivity index (χ0) is 7.94. The van der Waals surface area contributed by atoms with Gasteiger partial charge in [0.15, 0.2) is 0 Å². The minimum absolute atomic E-state index is 0.939. The molecule has 0 aliphatic carbocycles. The van der Waals surface area contributed by atoms with Crippen molar-refractivity contribution in [3.8, 4) is 0 Å². The Morgan fingerprint density at radius 3 is 3.00 bits per heavy atom. The van der Waals surface area contributed by atoms with E-state index in [-0.39, 0.29) is 0 Å². The number of rotatable bonds is 3. The van der Waals surface area contributed by atoms with E-state index in [1.807, 2.05) is 24.2 Å². The van der Waals surface area contributed by atoms with Crippen LogP contribution in [0.1, 0.15) is 11.9 Å². The molecule has 0 unspecified atom stereocenters. The second-order valence-corrected chi connectivity index (χ2v) is 2.34. The van der Waals surface area contributed by atoms with Crippen molar-refractivity contribution in [3.63, 3.8) is 0 Å². The second kappa shape index (κ2) is 4.67. The molecule has 11 heavy (non-hydrogen) atoms. The van der Waals surface area contributed by atoms with Crippen molar-refractivity contribution in [1.29, 1.82) is 0 Å². The molecule has 0 bridgehead atoms. The van der Waals surface area contributed by atoms with Gasteiger partial charge >= 0.3 is 67.8 Å². The Bertz CT molecular complexity index is 236. The third kappa shape index (κ3) is 2.99. The van der Waals surface area contributed by atoms with Gasteiger partial charge in [-0.25, -0.2) is 0 Å². The van der Waals surface area contributed by atoms with Crippen LogP contribution in [-0.4, -0.2) is 6.91 Å². The Labute approximate surface area is 68.5 Å². The average Bonchev–Trinajstić information content (AvgIpc) is 2.07. The van der Waals surface area contributed by atoms with Gasteiger partial charge in [-0.05, 0) is 0 Å². The quantitative estimate of drug-likeness (QED) is 0.569. The molecular weight excluding hydrogens is 131 g/mol. The topological polar surface area (TPSA) is 0 Å². The van der Waals surface area contributed by atoms with Gasteiger partial charge in [-0.1, -0.05) is 0 Å². The maximum absolute atomic E-state index is 3.64. The van der Waals surface area contributed by atoms with Crippen LogP contribution in [0.25, 0.3) is 6.08 Å². The van der Waals surface area contributed by atoms with E-state index in [0.717, 1.165) is 6.42 Å². The zero-order valence-electron chi connectivity index (χ0n) is 6.53. The summed E-state index contributed by atoms with van der Waals surface area (Å²) in [5.41, 5.74) is 1.24. The Balaban J connectivity index is 2.57. The van der Waals surface area contributed by atoms with Gasteiger partial charge in [0, 0.05) is 0 Å². The Morgan fingerprint density at radius 1 is 1.45 bits per heavy atom.